The zero-order chi connectivity index (χ0) is 30.0. The molecule has 0 N–H and O–H groups in total. The van der Waals surface area contributed by atoms with Gasteiger partial charge in [-0.1, -0.05) is 48.0 Å². The Balaban J connectivity index is 2.32. The molecule has 0 unspecified atom stereocenters. The average molecular weight is 557 g/mol. The van der Waals surface area contributed by atoms with E-state index in [0.29, 0.717) is 16.7 Å². The van der Waals surface area contributed by atoms with E-state index in [1.165, 1.54) is 28.4 Å². The van der Waals surface area contributed by atoms with E-state index in [0.717, 1.165) is 33.9 Å². The third-order valence-corrected chi connectivity index (χ3v) is 7.50. The Morgan fingerprint density at radius 3 is 1.95 bits per heavy atom. The molecule has 0 aromatic heterocycles. The number of methoxy groups -OCH3 is 4. The van der Waals surface area contributed by atoms with Crippen LogP contribution in [0.3, 0.4) is 0 Å². The van der Waals surface area contributed by atoms with Gasteiger partial charge in [0.1, 0.15) is 0 Å². The van der Waals surface area contributed by atoms with Gasteiger partial charge in [-0.15, -0.1) is 0 Å². The van der Waals surface area contributed by atoms with Crippen LogP contribution in [0.25, 0.3) is 16.7 Å². The summed E-state index contributed by atoms with van der Waals surface area (Å²) in [5, 5.41) is 0. The highest BCUT2D eigenvalue weighted by atomic mass is 16.5. The number of benzene rings is 1. The van der Waals surface area contributed by atoms with E-state index in [1.54, 1.807) is 24.3 Å². The molecule has 0 radical (unpaired) electrons. The zero-order valence-corrected chi connectivity index (χ0v) is 24.1. The lowest BCUT2D eigenvalue weighted by molar-refractivity contribution is -0.139. The average Bonchev–Trinajstić information content (AvgIpc) is 3.34. The quantitative estimate of drug-likeness (QED) is 0.238. The van der Waals surface area contributed by atoms with Gasteiger partial charge in [0, 0.05) is 17.9 Å². The molecule has 3 aliphatic carbocycles. The fraction of sp³-hybridized carbons (Fsp3) is 0.273. The fourth-order valence-corrected chi connectivity index (χ4v) is 5.94. The molecule has 0 amide bonds. The maximum absolute atomic E-state index is 13.6. The molecule has 0 spiro atoms. The van der Waals surface area contributed by atoms with Crippen molar-refractivity contribution in [2.75, 3.05) is 28.4 Å². The molecule has 0 heterocycles. The van der Waals surface area contributed by atoms with Gasteiger partial charge in [0.15, 0.2) is 0 Å². The first kappa shape index (κ1) is 29.3. The summed E-state index contributed by atoms with van der Waals surface area (Å²) >= 11 is 0. The number of ether oxygens (including phenoxy) is 4. The Kier molecular flexibility index (Phi) is 8.42. The Morgan fingerprint density at radius 2 is 1.37 bits per heavy atom. The highest BCUT2D eigenvalue weighted by molar-refractivity contribution is 6.26. The summed E-state index contributed by atoms with van der Waals surface area (Å²) in [6.07, 6.45) is 1.09. The van der Waals surface area contributed by atoms with Crippen molar-refractivity contribution in [2.45, 2.75) is 32.6 Å². The van der Waals surface area contributed by atoms with Gasteiger partial charge in [-0.05, 0) is 65.8 Å². The predicted octanol–water partition coefficient (Wildman–Crippen LogP) is 4.97. The second-order valence-electron chi connectivity index (χ2n) is 9.91. The minimum absolute atomic E-state index is 0.00823. The Morgan fingerprint density at radius 1 is 0.732 bits per heavy atom. The molecular weight excluding hydrogens is 524 g/mol. The molecule has 1 aromatic carbocycles. The third-order valence-electron chi connectivity index (χ3n) is 7.50. The minimum atomic E-state index is -0.945. The maximum Gasteiger partial charge on any atom is 0.339 e. The summed E-state index contributed by atoms with van der Waals surface area (Å²) in [5.41, 5.74) is 6.09. The lowest BCUT2D eigenvalue weighted by Gasteiger charge is -2.36. The number of carbonyl (C=O) groups excluding carboxylic acids is 4. The van der Waals surface area contributed by atoms with Crippen LogP contribution < -0.4 is 0 Å². The van der Waals surface area contributed by atoms with E-state index >= 15 is 0 Å². The molecule has 0 bridgehead atoms. The number of fused-ring (bicyclic) bond motifs is 3. The van der Waals surface area contributed by atoms with E-state index in [-0.39, 0.29) is 16.7 Å². The summed E-state index contributed by atoms with van der Waals surface area (Å²) in [4.78, 5) is 53.3. The van der Waals surface area contributed by atoms with E-state index in [1.807, 2.05) is 45.0 Å². The molecule has 4 rings (SSSR count). The van der Waals surface area contributed by atoms with Gasteiger partial charge in [0.05, 0.1) is 45.2 Å². The van der Waals surface area contributed by atoms with Gasteiger partial charge in [-0.2, -0.15) is 0 Å². The molecule has 1 aromatic rings. The number of esters is 4. The van der Waals surface area contributed by atoms with Crippen LogP contribution in [0.5, 0.6) is 0 Å². The van der Waals surface area contributed by atoms with Gasteiger partial charge < -0.3 is 18.9 Å². The highest BCUT2D eigenvalue weighted by Gasteiger charge is 2.48. The van der Waals surface area contributed by atoms with E-state index in [2.05, 4.69) is 0 Å². The molecule has 2 atom stereocenters. The standard InChI is InChI=1S/C33H32O8/c1-17-13-18(2)21-15-22-27(25(21)19(3)14-17)28(23(31(35)39-5)16-24(34)38-4)26(20-11-9-8-10-12-20)30(33(37)41-7)29(22)32(36)40-6/h8-16,26,28H,1-7H3/b23-16-/t26-,28-/m0/s1. The first-order chi connectivity index (χ1) is 19.6. The van der Waals surface area contributed by atoms with Crippen LogP contribution in [0, 0.1) is 20.8 Å². The number of aryl methyl sites for hydroxylation is 3. The second-order valence-corrected chi connectivity index (χ2v) is 9.91. The molecule has 0 saturated heterocycles. The highest BCUT2D eigenvalue weighted by Crippen LogP contribution is 2.57. The van der Waals surface area contributed by atoms with E-state index < -0.39 is 35.7 Å². The predicted molar refractivity (Wildman–Crippen MR) is 152 cm³/mol. The maximum atomic E-state index is 13.6. The summed E-state index contributed by atoms with van der Waals surface area (Å²) in [7, 11) is 4.89. The van der Waals surface area contributed by atoms with Gasteiger partial charge in [-0.25, -0.2) is 19.2 Å². The lowest BCUT2D eigenvalue weighted by Crippen LogP contribution is -2.31. The smallest absolute Gasteiger partial charge is 0.339 e. The van der Waals surface area contributed by atoms with Crippen LogP contribution in [0.2, 0.25) is 0 Å². The summed E-state index contributed by atoms with van der Waals surface area (Å²) in [6, 6.07) is 14.9. The zero-order valence-electron chi connectivity index (χ0n) is 24.1. The van der Waals surface area contributed by atoms with Crippen LogP contribution >= 0.6 is 0 Å². The van der Waals surface area contributed by atoms with Crippen LogP contribution in [-0.4, -0.2) is 52.3 Å². The summed E-state index contributed by atoms with van der Waals surface area (Å²) in [5.74, 6) is -4.92. The first-order valence-electron chi connectivity index (χ1n) is 13.0. The number of carbonyl (C=O) groups is 4. The number of hydrogen-bond acceptors (Lipinski definition) is 8. The van der Waals surface area contributed by atoms with Crippen LogP contribution in [0.4, 0.5) is 0 Å². The molecule has 3 aliphatic rings. The third kappa shape index (κ3) is 5.13. The van der Waals surface area contributed by atoms with E-state index in [9.17, 15) is 19.2 Å². The lowest BCUT2D eigenvalue weighted by atomic mass is 9.66. The molecule has 0 saturated carbocycles. The SMILES string of the molecule is COC(=O)/C=C(\C(=O)OC)[C@@H]1c2c(cc3c(C)cc(C)cc(C)c2-3)C(C(=O)OC)=C(C(=O)OC)[C@H]1c1ccccc1. The van der Waals surface area contributed by atoms with Crippen molar-refractivity contribution < 1.29 is 38.1 Å². The van der Waals surface area contributed by atoms with Gasteiger partial charge in [0.25, 0.3) is 0 Å². The molecule has 41 heavy (non-hydrogen) atoms. The first-order valence-corrected chi connectivity index (χ1v) is 13.0. The molecule has 0 fully saturated rings. The normalized spacial score (nSPS) is 16.6. The molecule has 8 nitrogen and oxygen atoms in total. The number of hydrogen-bond donors (Lipinski definition) is 0. The fourth-order valence-electron chi connectivity index (χ4n) is 5.94. The van der Waals surface area contributed by atoms with Crippen molar-refractivity contribution >= 4 is 29.5 Å². The Hall–Kier alpha value is -4.72. The van der Waals surface area contributed by atoms with Crippen LogP contribution in [-0.2, 0) is 38.1 Å². The molecule has 0 aliphatic heterocycles. The van der Waals surface area contributed by atoms with Crippen molar-refractivity contribution in [3.63, 3.8) is 0 Å². The second kappa shape index (κ2) is 11.8. The minimum Gasteiger partial charge on any atom is -0.466 e. The Labute approximate surface area is 238 Å². The summed E-state index contributed by atoms with van der Waals surface area (Å²) < 4.78 is 20.5. The number of rotatable bonds is 6. The molecule has 8 heteroatoms. The van der Waals surface area contributed by atoms with Gasteiger partial charge >= 0.3 is 23.9 Å². The topological polar surface area (TPSA) is 105 Å². The van der Waals surface area contributed by atoms with E-state index in [4.69, 9.17) is 18.9 Å². The van der Waals surface area contributed by atoms with Crippen molar-refractivity contribution in [2.24, 2.45) is 0 Å². The molecule has 212 valence electrons. The van der Waals surface area contributed by atoms with Crippen LogP contribution in [0.15, 0.2) is 65.8 Å². The largest absolute Gasteiger partial charge is 0.466 e. The van der Waals surface area contributed by atoms with Crippen molar-refractivity contribution in [1.29, 1.82) is 0 Å². The Bertz CT molecular complexity index is 1580. The summed E-state index contributed by atoms with van der Waals surface area (Å²) in [6.45, 7) is 5.89. The monoisotopic (exact) mass is 556 g/mol. The van der Waals surface area contributed by atoms with Crippen LogP contribution in [0.1, 0.15) is 45.2 Å². The van der Waals surface area contributed by atoms with Crippen molar-refractivity contribution in [1.82, 2.24) is 0 Å². The van der Waals surface area contributed by atoms with Gasteiger partial charge in [-0.3, -0.25) is 0 Å². The van der Waals surface area contributed by atoms with Crippen molar-refractivity contribution in [3.05, 3.63) is 99.1 Å². The van der Waals surface area contributed by atoms with Gasteiger partial charge in [0.2, 0.25) is 0 Å². The van der Waals surface area contributed by atoms with Crippen molar-refractivity contribution in [3.8, 4) is 11.1 Å². The molecular formula is C33H32O8.